The normalized spacial score (nSPS) is 20.6. The second-order valence-corrected chi connectivity index (χ2v) is 2.86. The summed E-state index contributed by atoms with van der Waals surface area (Å²) in [5.41, 5.74) is 2.95. The monoisotopic (exact) mass is 133 g/mol. The molecule has 0 saturated carbocycles. The molecule has 1 N–H and O–H groups in total. The predicted molar refractivity (Wildman–Crippen MR) is 35.9 cm³/mol. The molecule has 48 valence electrons. The van der Waals surface area contributed by atoms with Crippen molar-refractivity contribution < 1.29 is 4.84 Å². The van der Waals surface area contributed by atoms with Gasteiger partial charge in [0.1, 0.15) is 0 Å². The molecule has 0 aromatic heterocycles. The van der Waals surface area contributed by atoms with Crippen LogP contribution in [0.4, 0.5) is 0 Å². The lowest BCUT2D eigenvalue weighted by Crippen LogP contribution is -2.40. The van der Waals surface area contributed by atoms with Crippen LogP contribution in [-0.4, -0.2) is 24.2 Å². The maximum atomic E-state index is 4.97. The number of hydroxylamine groups is 1. The first-order chi connectivity index (χ1) is 3.93. The van der Waals surface area contributed by atoms with Crippen LogP contribution >= 0.6 is 11.8 Å². The minimum atomic E-state index is 0.625. The second kappa shape index (κ2) is 3.33. The summed E-state index contributed by atoms with van der Waals surface area (Å²) in [5.74, 6) is 2.42. The van der Waals surface area contributed by atoms with Crippen LogP contribution < -0.4 is 5.48 Å². The van der Waals surface area contributed by atoms with Crippen molar-refractivity contribution in [1.82, 2.24) is 5.48 Å². The summed E-state index contributed by atoms with van der Waals surface area (Å²) < 4.78 is 0. The van der Waals surface area contributed by atoms with E-state index in [1.807, 2.05) is 18.7 Å². The van der Waals surface area contributed by atoms with Crippen LogP contribution in [0, 0.1) is 0 Å². The van der Waals surface area contributed by atoms with Gasteiger partial charge in [0.2, 0.25) is 0 Å². The third-order valence-corrected chi connectivity index (χ3v) is 2.31. The maximum Gasteiger partial charge on any atom is 0.0654 e. The van der Waals surface area contributed by atoms with E-state index < -0.39 is 0 Å². The Kier molecular flexibility index (Phi) is 2.66. The van der Waals surface area contributed by atoms with Crippen molar-refractivity contribution in [3.63, 3.8) is 0 Å². The number of hydrogen-bond donors (Lipinski definition) is 1. The largest absolute Gasteiger partial charge is 0.302 e. The summed E-state index contributed by atoms with van der Waals surface area (Å²) in [4.78, 5) is 4.97. The van der Waals surface area contributed by atoms with Gasteiger partial charge < -0.3 is 4.84 Å². The van der Waals surface area contributed by atoms with E-state index in [9.17, 15) is 0 Å². The molecule has 0 unspecified atom stereocenters. The SMILES string of the molecule is CCONC1CSC1. The lowest BCUT2D eigenvalue weighted by Gasteiger charge is -2.24. The van der Waals surface area contributed by atoms with Crippen molar-refractivity contribution in [2.24, 2.45) is 0 Å². The van der Waals surface area contributed by atoms with Crippen molar-refractivity contribution in [1.29, 1.82) is 0 Å². The summed E-state index contributed by atoms with van der Waals surface area (Å²) in [5, 5.41) is 0. The molecule has 0 radical (unpaired) electrons. The van der Waals surface area contributed by atoms with Gasteiger partial charge in [-0.15, -0.1) is 0 Å². The molecule has 1 aliphatic heterocycles. The molecule has 0 aromatic carbocycles. The Morgan fingerprint density at radius 2 is 2.50 bits per heavy atom. The average Bonchev–Trinajstić information content (AvgIpc) is 1.63. The van der Waals surface area contributed by atoms with E-state index in [2.05, 4.69) is 5.48 Å². The molecule has 0 aliphatic carbocycles. The van der Waals surface area contributed by atoms with Gasteiger partial charge in [0, 0.05) is 11.5 Å². The first-order valence-electron chi connectivity index (χ1n) is 2.88. The molecule has 0 atom stereocenters. The van der Waals surface area contributed by atoms with Crippen LogP contribution in [-0.2, 0) is 4.84 Å². The molecule has 0 bridgehead atoms. The standard InChI is InChI=1S/C5H11NOS/c1-2-7-6-5-3-8-4-5/h5-6H,2-4H2,1H3. The minimum absolute atomic E-state index is 0.625. The molecular weight excluding hydrogens is 122 g/mol. The molecule has 0 amide bonds. The fourth-order valence-electron chi connectivity index (χ4n) is 0.505. The predicted octanol–water partition coefficient (Wildman–Crippen LogP) is 0.643. The second-order valence-electron chi connectivity index (χ2n) is 1.79. The van der Waals surface area contributed by atoms with Gasteiger partial charge in [-0.2, -0.15) is 17.2 Å². The highest BCUT2D eigenvalue weighted by molar-refractivity contribution is 8.00. The smallest absolute Gasteiger partial charge is 0.0654 e. The van der Waals surface area contributed by atoms with E-state index in [0.717, 1.165) is 6.61 Å². The topological polar surface area (TPSA) is 21.3 Å². The fourth-order valence-corrected chi connectivity index (χ4v) is 1.11. The highest BCUT2D eigenvalue weighted by atomic mass is 32.2. The molecule has 2 nitrogen and oxygen atoms in total. The van der Waals surface area contributed by atoms with Crippen molar-refractivity contribution in [3.05, 3.63) is 0 Å². The third kappa shape index (κ3) is 1.65. The highest BCUT2D eigenvalue weighted by Crippen LogP contribution is 2.16. The van der Waals surface area contributed by atoms with Gasteiger partial charge in [0.25, 0.3) is 0 Å². The van der Waals surface area contributed by atoms with Crippen LogP contribution in [0.25, 0.3) is 0 Å². The van der Waals surface area contributed by atoms with Gasteiger partial charge in [-0.1, -0.05) is 0 Å². The molecule has 1 saturated heterocycles. The molecule has 1 fully saturated rings. The van der Waals surface area contributed by atoms with Crippen molar-refractivity contribution >= 4 is 11.8 Å². The maximum absolute atomic E-state index is 4.97. The van der Waals surface area contributed by atoms with E-state index in [1.165, 1.54) is 11.5 Å². The zero-order valence-corrected chi connectivity index (χ0v) is 5.83. The van der Waals surface area contributed by atoms with Crippen LogP contribution in [0.5, 0.6) is 0 Å². The molecule has 8 heavy (non-hydrogen) atoms. The third-order valence-electron chi connectivity index (χ3n) is 1.03. The number of nitrogens with one attached hydrogen (secondary N) is 1. The number of hydrogen-bond acceptors (Lipinski definition) is 3. The summed E-state index contributed by atoms with van der Waals surface area (Å²) in [6.45, 7) is 2.75. The Bertz CT molecular complexity index is 65.4. The molecule has 1 aliphatic rings. The van der Waals surface area contributed by atoms with E-state index in [1.54, 1.807) is 0 Å². The van der Waals surface area contributed by atoms with Crippen LogP contribution in [0.2, 0.25) is 0 Å². The van der Waals surface area contributed by atoms with Crippen LogP contribution in [0.3, 0.4) is 0 Å². The van der Waals surface area contributed by atoms with E-state index >= 15 is 0 Å². The van der Waals surface area contributed by atoms with Crippen LogP contribution in [0.1, 0.15) is 6.92 Å². The van der Waals surface area contributed by atoms with Gasteiger partial charge in [-0.05, 0) is 6.92 Å². The number of rotatable bonds is 3. The Labute approximate surface area is 53.9 Å². The van der Waals surface area contributed by atoms with Gasteiger partial charge in [0.15, 0.2) is 0 Å². The Balaban J connectivity index is 1.86. The lowest BCUT2D eigenvalue weighted by atomic mass is 10.4. The molecular formula is C5H11NOS. The zero-order chi connectivity index (χ0) is 5.82. The van der Waals surface area contributed by atoms with E-state index in [4.69, 9.17) is 4.84 Å². The van der Waals surface area contributed by atoms with Gasteiger partial charge in [0.05, 0.1) is 12.6 Å². The van der Waals surface area contributed by atoms with Crippen molar-refractivity contribution in [3.8, 4) is 0 Å². The lowest BCUT2D eigenvalue weighted by molar-refractivity contribution is 0.0329. The first-order valence-corrected chi connectivity index (χ1v) is 4.04. The molecule has 1 heterocycles. The summed E-state index contributed by atoms with van der Waals surface area (Å²) in [6.07, 6.45) is 0. The molecule has 1 rings (SSSR count). The fraction of sp³-hybridized carbons (Fsp3) is 1.00. The molecule has 0 spiro atoms. The summed E-state index contributed by atoms with van der Waals surface area (Å²) >= 11 is 1.95. The number of thioether (sulfide) groups is 1. The van der Waals surface area contributed by atoms with Gasteiger partial charge >= 0.3 is 0 Å². The average molecular weight is 133 g/mol. The molecule has 0 aromatic rings. The van der Waals surface area contributed by atoms with Crippen LogP contribution in [0.15, 0.2) is 0 Å². The highest BCUT2D eigenvalue weighted by Gasteiger charge is 2.16. The Morgan fingerprint density at radius 1 is 1.75 bits per heavy atom. The van der Waals surface area contributed by atoms with E-state index in [-0.39, 0.29) is 0 Å². The molecule has 3 heteroatoms. The summed E-state index contributed by atoms with van der Waals surface area (Å²) in [7, 11) is 0. The zero-order valence-electron chi connectivity index (χ0n) is 5.02. The minimum Gasteiger partial charge on any atom is -0.302 e. The van der Waals surface area contributed by atoms with Gasteiger partial charge in [-0.25, -0.2) is 0 Å². The summed E-state index contributed by atoms with van der Waals surface area (Å²) in [6, 6.07) is 0.625. The van der Waals surface area contributed by atoms with Gasteiger partial charge in [-0.3, -0.25) is 0 Å². The van der Waals surface area contributed by atoms with E-state index in [0.29, 0.717) is 6.04 Å². The Hall–Kier alpha value is 0.270. The van der Waals surface area contributed by atoms with Crippen molar-refractivity contribution in [2.45, 2.75) is 13.0 Å². The quantitative estimate of drug-likeness (QED) is 0.571. The van der Waals surface area contributed by atoms with Crippen molar-refractivity contribution in [2.75, 3.05) is 18.1 Å². The Morgan fingerprint density at radius 3 is 2.88 bits per heavy atom. The first kappa shape index (κ1) is 6.39.